The molecular weight excluding hydrogens is 328 g/mol. The summed E-state index contributed by atoms with van der Waals surface area (Å²) in [7, 11) is 1.75. The number of methoxy groups -OCH3 is 1. The van der Waals surface area contributed by atoms with Gasteiger partial charge in [-0.25, -0.2) is 0 Å². The van der Waals surface area contributed by atoms with E-state index in [0.717, 1.165) is 58.7 Å². The van der Waals surface area contributed by atoms with Crippen molar-refractivity contribution in [3.05, 3.63) is 48.0 Å². The number of rotatable bonds is 6. The van der Waals surface area contributed by atoms with Crippen molar-refractivity contribution in [3.8, 4) is 0 Å². The van der Waals surface area contributed by atoms with Crippen molar-refractivity contribution in [1.29, 1.82) is 0 Å². The number of morpholine rings is 1. The van der Waals surface area contributed by atoms with E-state index in [4.69, 9.17) is 9.47 Å². The lowest BCUT2D eigenvalue weighted by molar-refractivity contribution is -0.134. The molecule has 0 aromatic heterocycles. The van der Waals surface area contributed by atoms with Crippen LogP contribution in [0.5, 0.6) is 0 Å². The molecule has 2 saturated heterocycles. The molecule has 1 aromatic rings. The largest absolute Gasteiger partial charge is 0.379 e. The number of ether oxygens (including phenoxy) is 2. The van der Waals surface area contributed by atoms with E-state index < -0.39 is 0 Å². The van der Waals surface area contributed by atoms with Crippen LogP contribution in [0.25, 0.3) is 0 Å². The number of hydrogen-bond acceptors (Lipinski definition) is 4. The SMILES string of the molecule is CO[C@H]1CCCN(C(=O)C=CCN2CCOCC2)[C@H]1Cc1ccccc1. The number of nitrogens with zero attached hydrogens (tertiary/aromatic N) is 2. The van der Waals surface area contributed by atoms with Crippen LogP contribution in [-0.2, 0) is 20.7 Å². The number of carbonyl (C=O) groups is 1. The molecule has 2 aliphatic heterocycles. The molecule has 1 aromatic carbocycles. The van der Waals surface area contributed by atoms with E-state index in [1.807, 2.05) is 29.2 Å². The molecule has 2 aliphatic rings. The van der Waals surface area contributed by atoms with Crippen LogP contribution in [0.4, 0.5) is 0 Å². The number of likely N-dealkylation sites (tertiary alicyclic amines) is 1. The van der Waals surface area contributed by atoms with Gasteiger partial charge in [0, 0.05) is 39.4 Å². The molecule has 5 nitrogen and oxygen atoms in total. The zero-order valence-corrected chi connectivity index (χ0v) is 15.7. The van der Waals surface area contributed by atoms with Gasteiger partial charge in [-0.1, -0.05) is 36.4 Å². The van der Waals surface area contributed by atoms with Crippen LogP contribution in [-0.4, -0.2) is 74.4 Å². The summed E-state index contributed by atoms with van der Waals surface area (Å²) < 4.78 is 11.1. The van der Waals surface area contributed by atoms with E-state index in [9.17, 15) is 4.79 Å². The average Bonchev–Trinajstić information content (AvgIpc) is 2.69. The first kappa shape index (κ1) is 19.1. The molecule has 26 heavy (non-hydrogen) atoms. The highest BCUT2D eigenvalue weighted by molar-refractivity contribution is 5.88. The molecule has 0 spiro atoms. The minimum absolute atomic E-state index is 0.0942. The van der Waals surface area contributed by atoms with Gasteiger partial charge in [0.25, 0.3) is 0 Å². The Hall–Kier alpha value is -1.69. The van der Waals surface area contributed by atoms with Gasteiger partial charge in [0.1, 0.15) is 0 Å². The van der Waals surface area contributed by atoms with Crippen LogP contribution >= 0.6 is 0 Å². The fourth-order valence-corrected chi connectivity index (χ4v) is 3.85. The summed E-state index contributed by atoms with van der Waals surface area (Å²) in [5.41, 5.74) is 1.25. The van der Waals surface area contributed by atoms with Gasteiger partial charge in [-0.05, 0) is 24.8 Å². The van der Waals surface area contributed by atoms with Crippen LogP contribution in [0.2, 0.25) is 0 Å². The Morgan fingerprint density at radius 3 is 2.73 bits per heavy atom. The van der Waals surface area contributed by atoms with E-state index in [1.54, 1.807) is 13.2 Å². The lowest BCUT2D eigenvalue weighted by Gasteiger charge is -2.40. The monoisotopic (exact) mass is 358 g/mol. The molecule has 2 atom stereocenters. The minimum Gasteiger partial charge on any atom is -0.379 e. The van der Waals surface area contributed by atoms with Crippen LogP contribution in [0.15, 0.2) is 42.5 Å². The zero-order chi connectivity index (χ0) is 18.2. The maximum atomic E-state index is 12.8. The normalized spacial score (nSPS) is 24.9. The smallest absolute Gasteiger partial charge is 0.246 e. The molecule has 0 radical (unpaired) electrons. The first-order chi connectivity index (χ1) is 12.8. The molecule has 0 unspecified atom stereocenters. The lowest BCUT2D eigenvalue weighted by atomic mass is 9.92. The first-order valence-electron chi connectivity index (χ1n) is 9.62. The summed E-state index contributed by atoms with van der Waals surface area (Å²) in [5.74, 6) is 0.0981. The van der Waals surface area contributed by atoms with Crippen molar-refractivity contribution in [3.63, 3.8) is 0 Å². The molecule has 1 amide bonds. The Balaban J connectivity index is 1.63. The first-order valence-corrected chi connectivity index (χ1v) is 9.62. The quantitative estimate of drug-likeness (QED) is 0.731. The fourth-order valence-electron chi connectivity index (χ4n) is 3.85. The summed E-state index contributed by atoms with van der Waals surface area (Å²) >= 11 is 0. The molecule has 3 rings (SSSR count). The van der Waals surface area contributed by atoms with Gasteiger partial charge < -0.3 is 14.4 Å². The third kappa shape index (κ3) is 5.16. The van der Waals surface area contributed by atoms with Crippen molar-refractivity contribution in [2.75, 3.05) is 46.5 Å². The molecule has 0 aliphatic carbocycles. The second-order valence-electron chi connectivity index (χ2n) is 7.02. The van der Waals surface area contributed by atoms with E-state index in [1.165, 1.54) is 5.56 Å². The second-order valence-corrected chi connectivity index (χ2v) is 7.02. The van der Waals surface area contributed by atoms with Crippen molar-refractivity contribution in [1.82, 2.24) is 9.80 Å². The number of benzene rings is 1. The molecule has 142 valence electrons. The Morgan fingerprint density at radius 2 is 2.00 bits per heavy atom. The molecule has 5 heteroatoms. The highest BCUT2D eigenvalue weighted by Gasteiger charge is 2.33. The van der Waals surface area contributed by atoms with Gasteiger partial charge in [0.05, 0.1) is 25.4 Å². The van der Waals surface area contributed by atoms with Crippen molar-refractivity contribution < 1.29 is 14.3 Å². The van der Waals surface area contributed by atoms with Crippen LogP contribution < -0.4 is 0 Å². The third-order valence-electron chi connectivity index (χ3n) is 5.32. The van der Waals surface area contributed by atoms with E-state index in [2.05, 4.69) is 17.0 Å². The topological polar surface area (TPSA) is 42.0 Å². The number of carbonyl (C=O) groups excluding carboxylic acids is 1. The Morgan fingerprint density at radius 1 is 1.23 bits per heavy atom. The zero-order valence-electron chi connectivity index (χ0n) is 15.7. The highest BCUT2D eigenvalue weighted by Crippen LogP contribution is 2.24. The van der Waals surface area contributed by atoms with Crippen molar-refractivity contribution in [2.24, 2.45) is 0 Å². The van der Waals surface area contributed by atoms with E-state index in [0.29, 0.717) is 0 Å². The average molecular weight is 358 g/mol. The van der Waals surface area contributed by atoms with Crippen molar-refractivity contribution in [2.45, 2.75) is 31.4 Å². The van der Waals surface area contributed by atoms with Gasteiger partial charge in [-0.2, -0.15) is 0 Å². The van der Waals surface area contributed by atoms with E-state index in [-0.39, 0.29) is 18.1 Å². The number of hydrogen-bond donors (Lipinski definition) is 0. The predicted octanol–water partition coefficient (Wildman–Crippen LogP) is 2.12. The lowest BCUT2D eigenvalue weighted by Crippen LogP contribution is -2.52. The molecular formula is C21H30N2O3. The summed E-state index contributed by atoms with van der Waals surface area (Å²) in [6.07, 6.45) is 6.67. The molecule has 0 saturated carbocycles. The summed E-state index contributed by atoms with van der Waals surface area (Å²) in [4.78, 5) is 17.2. The van der Waals surface area contributed by atoms with Gasteiger partial charge in [0.15, 0.2) is 0 Å². The van der Waals surface area contributed by atoms with Crippen LogP contribution in [0.3, 0.4) is 0 Å². The second kappa shape index (κ2) is 9.86. The van der Waals surface area contributed by atoms with E-state index >= 15 is 0 Å². The fraction of sp³-hybridized carbons (Fsp3) is 0.571. The third-order valence-corrected chi connectivity index (χ3v) is 5.32. The maximum absolute atomic E-state index is 12.8. The van der Waals surface area contributed by atoms with Crippen LogP contribution in [0.1, 0.15) is 18.4 Å². The number of piperidine rings is 1. The van der Waals surface area contributed by atoms with Crippen molar-refractivity contribution >= 4 is 5.91 Å². The van der Waals surface area contributed by atoms with Crippen LogP contribution in [0, 0.1) is 0 Å². The standard InChI is InChI=1S/C21H30N2O3/c1-25-20-9-5-12-23(19(20)17-18-7-3-2-4-8-18)21(24)10-6-11-22-13-15-26-16-14-22/h2-4,6-8,10,19-20H,5,9,11-17H2,1H3/t19-,20-/m0/s1. The number of amides is 1. The summed E-state index contributed by atoms with van der Waals surface area (Å²) in [6, 6.07) is 10.5. The molecule has 2 fully saturated rings. The minimum atomic E-state index is 0.0942. The highest BCUT2D eigenvalue weighted by atomic mass is 16.5. The van der Waals surface area contributed by atoms with Gasteiger partial charge in [-0.15, -0.1) is 0 Å². The Bertz CT molecular complexity index is 584. The van der Waals surface area contributed by atoms with Gasteiger partial charge in [0.2, 0.25) is 5.91 Å². The van der Waals surface area contributed by atoms with Gasteiger partial charge >= 0.3 is 0 Å². The Labute approximate surface area is 156 Å². The van der Waals surface area contributed by atoms with Gasteiger partial charge in [-0.3, -0.25) is 9.69 Å². The summed E-state index contributed by atoms with van der Waals surface area (Å²) in [6.45, 7) is 5.04. The molecule has 2 heterocycles. The molecule has 0 bridgehead atoms. The predicted molar refractivity (Wildman–Crippen MR) is 102 cm³/mol. The molecule has 0 N–H and O–H groups in total. The summed E-state index contributed by atoms with van der Waals surface area (Å²) in [5, 5.41) is 0. The Kier molecular flexibility index (Phi) is 7.23. The maximum Gasteiger partial charge on any atom is 0.246 e.